The normalized spacial score (nSPS) is 26.9. The summed E-state index contributed by atoms with van der Waals surface area (Å²) in [5.41, 5.74) is 2.29. The van der Waals surface area contributed by atoms with Gasteiger partial charge in [-0.15, -0.1) is 0 Å². The summed E-state index contributed by atoms with van der Waals surface area (Å²) < 4.78 is 5.42. The van der Waals surface area contributed by atoms with Gasteiger partial charge in [0.2, 0.25) is 5.91 Å². The van der Waals surface area contributed by atoms with Crippen LogP contribution in [-0.4, -0.2) is 84.6 Å². The smallest absolute Gasteiger partial charge is 0.230 e. The molecule has 1 aromatic carbocycles. The molecule has 2 aromatic rings. The van der Waals surface area contributed by atoms with Gasteiger partial charge in [0, 0.05) is 57.0 Å². The predicted octanol–water partition coefficient (Wildman–Crippen LogP) is 1.92. The van der Waals surface area contributed by atoms with Crippen LogP contribution in [0.3, 0.4) is 0 Å². The van der Waals surface area contributed by atoms with Gasteiger partial charge in [-0.3, -0.25) is 14.6 Å². The highest BCUT2D eigenvalue weighted by Gasteiger charge is 2.50. The predicted molar refractivity (Wildman–Crippen MR) is 109 cm³/mol. The number of H-pyrrole nitrogens is 1. The second kappa shape index (κ2) is 7.50. The van der Waals surface area contributed by atoms with Gasteiger partial charge in [0.25, 0.3) is 0 Å². The number of benzene rings is 1. The molecule has 1 amide bonds. The Kier molecular flexibility index (Phi) is 4.87. The fraction of sp³-hybridized carbons (Fsp3) is 0.591. The van der Waals surface area contributed by atoms with E-state index in [0.717, 1.165) is 78.4 Å². The molecule has 28 heavy (non-hydrogen) atoms. The number of ether oxygens (including phenoxy) is 1. The van der Waals surface area contributed by atoms with E-state index in [1.165, 1.54) is 16.6 Å². The lowest BCUT2D eigenvalue weighted by Crippen LogP contribution is -2.43. The van der Waals surface area contributed by atoms with Gasteiger partial charge in [-0.25, -0.2) is 0 Å². The van der Waals surface area contributed by atoms with E-state index >= 15 is 0 Å². The zero-order valence-corrected chi connectivity index (χ0v) is 16.5. The monoisotopic (exact) mass is 382 g/mol. The molecule has 3 aliphatic heterocycles. The van der Waals surface area contributed by atoms with Crippen LogP contribution in [0.2, 0.25) is 0 Å². The van der Waals surface area contributed by atoms with Gasteiger partial charge in [-0.2, -0.15) is 0 Å². The lowest BCUT2D eigenvalue weighted by molar-refractivity contribution is -0.135. The van der Waals surface area contributed by atoms with Crippen LogP contribution in [0.5, 0.6) is 0 Å². The Morgan fingerprint density at radius 1 is 1.00 bits per heavy atom. The maximum Gasteiger partial charge on any atom is 0.230 e. The Morgan fingerprint density at radius 2 is 1.82 bits per heavy atom. The van der Waals surface area contributed by atoms with Crippen LogP contribution in [0.25, 0.3) is 10.9 Å². The molecule has 6 nitrogen and oxygen atoms in total. The summed E-state index contributed by atoms with van der Waals surface area (Å²) in [4.78, 5) is 23.7. The van der Waals surface area contributed by atoms with Crippen molar-refractivity contribution in [3.05, 3.63) is 36.0 Å². The summed E-state index contributed by atoms with van der Waals surface area (Å²) in [6.07, 6.45) is 2.01. The van der Waals surface area contributed by atoms with Crippen LogP contribution >= 0.6 is 0 Å². The summed E-state index contributed by atoms with van der Waals surface area (Å²) in [7, 11) is 0. The third-order valence-corrected chi connectivity index (χ3v) is 6.80. The highest BCUT2D eigenvalue weighted by molar-refractivity contribution is 5.85. The van der Waals surface area contributed by atoms with E-state index < -0.39 is 0 Å². The fourth-order valence-electron chi connectivity index (χ4n) is 5.12. The van der Waals surface area contributed by atoms with Crippen LogP contribution in [-0.2, 0) is 16.1 Å². The first-order chi connectivity index (χ1) is 13.7. The van der Waals surface area contributed by atoms with Crippen LogP contribution in [0.15, 0.2) is 30.3 Å². The Balaban J connectivity index is 1.18. The van der Waals surface area contributed by atoms with E-state index in [-0.39, 0.29) is 5.41 Å². The maximum atomic E-state index is 13.2. The summed E-state index contributed by atoms with van der Waals surface area (Å²) in [6.45, 7) is 9.19. The van der Waals surface area contributed by atoms with Gasteiger partial charge in [-0.05, 0) is 36.9 Å². The largest absolute Gasteiger partial charge is 0.379 e. The first-order valence-corrected chi connectivity index (χ1v) is 10.6. The molecular formula is C22H30N4O2. The Morgan fingerprint density at radius 3 is 2.68 bits per heavy atom. The molecule has 1 N–H and O–H groups in total. The minimum Gasteiger partial charge on any atom is -0.379 e. The lowest BCUT2D eigenvalue weighted by Gasteiger charge is -2.29. The van der Waals surface area contributed by atoms with Gasteiger partial charge in [-0.1, -0.05) is 18.2 Å². The molecule has 0 saturated carbocycles. The number of nitrogens with zero attached hydrogens (tertiary/aromatic N) is 3. The van der Waals surface area contributed by atoms with Gasteiger partial charge in [0.15, 0.2) is 0 Å². The van der Waals surface area contributed by atoms with Gasteiger partial charge < -0.3 is 14.6 Å². The minimum atomic E-state index is -0.142. The fourth-order valence-corrected chi connectivity index (χ4v) is 5.12. The molecule has 0 bridgehead atoms. The van der Waals surface area contributed by atoms with Crippen molar-refractivity contribution in [3.8, 4) is 0 Å². The molecule has 1 aromatic heterocycles. The molecule has 1 spiro atoms. The highest BCUT2D eigenvalue weighted by Crippen LogP contribution is 2.41. The summed E-state index contributed by atoms with van der Waals surface area (Å²) in [5.74, 6) is 0.389. The van der Waals surface area contributed by atoms with Crippen molar-refractivity contribution in [2.75, 3.05) is 59.0 Å². The van der Waals surface area contributed by atoms with Crippen molar-refractivity contribution in [1.29, 1.82) is 0 Å². The van der Waals surface area contributed by atoms with E-state index in [2.05, 4.69) is 50.0 Å². The van der Waals surface area contributed by atoms with Crippen molar-refractivity contribution in [3.63, 3.8) is 0 Å². The first-order valence-electron chi connectivity index (χ1n) is 10.6. The molecule has 0 radical (unpaired) electrons. The molecule has 5 rings (SSSR count). The van der Waals surface area contributed by atoms with Crippen molar-refractivity contribution >= 4 is 16.8 Å². The number of para-hydroxylation sites is 1. The maximum absolute atomic E-state index is 13.2. The van der Waals surface area contributed by atoms with Crippen LogP contribution in [0.4, 0.5) is 0 Å². The quantitative estimate of drug-likeness (QED) is 0.859. The zero-order chi connectivity index (χ0) is 19.0. The molecular weight excluding hydrogens is 352 g/mol. The molecule has 3 fully saturated rings. The van der Waals surface area contributed by atoms with Crippen molar-refractivity contribution in [2.24, 2.45) is 5.41 Å². The third kappa shape index (κ3) is 3.45. The number of amides is 1. The van der Waals surface area contributed by atoms with Crippen LogP contribution < -0.4 is 0 Å². The molecule has 3 aliphatic rings. The van der Waals surface area contributed by atoms with Crippen molar-refractivity contribution in [2.45, 2.75) is 19.4 Å². The summed E-state index contributed by atoms with van der Waals surface area (Å²) in [5, 5.41) is 1.26. The standard InChI is InChI=1S/C22H30N4O2/c27-21-22(6-8-26(21)10-9-24-11-13-28-14-12-24)5-7-25(17-22)16-19-15-18-3-1-2-4-20(18)23-19/h1-4,15,23H,5-14,16-17H2. The number of rotatable bonds is 5. The number of carbonyl (C=O) groups is 1. The number of hydrogen-bond donors (Lipinski definition) is 1. The number of hydrogen-bond acceptors (Lipinski definition) is 4. The Hall–Kier alpha value is -1.89. The summed E-state index contributed by atoms with van der Waals surface area (Å²) >= 11 is 0. The number of morpholine rings is 1. The number of aromatic amines is 1. The van der Waals surface area contributed by atoms with Gasteiger partial charge in [0.1, 0.15) is 0 Å². The van der Waals surface area contributed by atoms with E-state index in [1.807, 2.05) is 0 Å². The average Bonchev–Trinajstić information content (AvgIpc) is 3.40. The second-order valence-corrected chi connectivity index (χ2v) is 8.62. The SMILES string of the molecule is O=C1N(CCN2CCOCC2)CCC12CCN(Cc1cc3ccccc3[nH]1)C2. The van der Waals surface area contributed by atoms with Crippen molar-refractivity contribution < 1.29 is 9.53 Å². The number of likely N-dealkylation sites (tertiary alicyclic amines) is 2. The van der Waals surface area contributed by atoms with Crippen LogP contribution in [0.1, 0.15) is 18.5 Å². The summed E-state index contributed by atoms with van der Waals surface area (Å²) in [6, 6.07) is 10.7. The molecule has 3 saturated heterocycles. The average molecular weight is 383 g/mol. The van der Waals surface area contributed by atoms with Gasteiger partial charge >= 0.3 is 0 Å². The van der Waals surface area contributed by atoms with Crippen LogP contribution in [0, 0.1) is 5.41 Å². The van der Waals surface area contributed by atoms with E-state index in [9.17, 15) is 4.79 Å². The number of fused-ring (bicyclic) bond motifs is 1. The molecule has 0 aliphatic carbocycles. The molecule has 4 heterocycles. The van der Waals surface area contributed by atoms with E-state index in [1.54, 1.807) is 0 Å². The number of aromatic nitrogens is 1. The first kappa shape index (κ1) is 18.2. The van der Waals surface area contributed by atoms with E-state index in [4.69, 9.17) is 4.74 Å². The van der Waals surface area contributed by atoms with E-state index in [0.29, 0.717) is 5.91 Å². The molecule has 6 heteroatoms. The molecule has 1 unspecified atom stereocenters. The zero-order valence-electron chi connectivity index (χ0n) is 16.5. The Bertz CT molecular complexity index is 811. The van der Waals surface area contributed by atoms with Gasteiger partial charge in [0.05, 0.1) is 18.6 Å². The topological polar surface area (TPSA) is 51.8 Å². The lowest BCUT2D eigenvalue weighted by atomic mass is 9.85. The number of carbonyl (C=O) groups excluding carboxylic acids is 1. The minimum absolute atomic E-state index is 0.142. The second-order valence-electron chi connectivity index (χ2n) is 8.62. The highest BCUT2D eigenvalue weighted by atomic mass is 16.5. The molecule has 1 atom stereocenters. The van der Waals surface area contributed by atoms with Crippen molar-refractivity contribution in [1.82, 2.24) is 19.7 Å². The Labute approximate surface area is 166 Å². The third-order valence-electron chi connectivity index (χ3n) is 6.80. The molecule has 150 valence electrons. The number of nitrogens with one attached hydrogen (secondary N) is 1.